The lowest BCUT2D eigenvalue weighted by Gasteiger charge is -2.33. The molecule has 0 N–H and O–H groups in total. The van der Waals surface area contributed by atoms with Gasteiger partial charge in [-0.05, 0) is 25.1 Å². The van der Waals surface area contributed by atoms with Gasteiger partial charge < -0.3 is 4.52 Å². The maximum atomic E-state index is 12.9. The van der Waals surface area contributed by atoms with Crippen LogP contribution in [0.15, 0.2) is 51.9 Å². The fourth-order valence-electron chi connectivity index (χ4n) is 3.24. The molecule has 3 aromatic rings. The van der Waals surface area contributed by atoms with Crippen LogP contribution >= 0.6 is 23.2 Å². The zero-order valence-corrected chi connectivity index (χ0v) is 18.6. The van der Waals surface area contributed by atoms with Crippen molar-refractivity contribution in [2.45, 2.75) is 18.4 Å². The van der Waals surface area contributed by atoms with Crippen LogP contribution in [0.1, 0.15) is 11.5 Å². The predicted octanol–water partition coefficient (Wildman–Crippen LogP) is 3.86. The Morgan fingerprint density at radius 3 is 2.37 bits per heavy atom. The summed E-state index contributed by atoms with van der Waals surface area (Å²) in [6, 6.07) is 12.3. The van der Waals surface area contributed by atoms with Crippen molar-refractivity contribution in [2.24, 2.45) is 0 Å². The van der Waals surface area contributed by atoms with Gasteiger partial charge in [-0.2, -0.15) is 9.29 Å². The minimum atomic E-state index is -3.62. The molecule has 1 aromatic heterocycles. The Hall–Kier alpha value is -1.97. The lowest BCUT2D eigenvalue weighted by Crippen LogP contribution is -2.48. The number of aromatic nitrogens is 2. The van der Waals surface area contributed by atoms with Crippen LogP contribution in [0, 0.1) is 6.92 Å². The zero-order valence-electron chi connectivity index (χ0n) is 16.3. The molecule has 0 aliphatic carbocycles. The van der Waals surface area contributed by atoms with Gasteiger partial charge in [0.25, 0.3) is 0 Å². The Bertz CT molecular complexity index is 1140. The average Bonchev–Trinajstić information content (AvgIpc) is 3.19. The molecule has 0 unspecified atom stereocenters. The largest absolute Gasteiger partial charge is 0.338 e. The summed E-state index contributed by atoms with van der Waals surface area (Å²) in [4.78, 5) is 6.69. The monoisotopic (exact) mass is 466 g/mol. The van der Waals surface area contributed by atoms with Crippen LogP contribution in [0.4, 0.5) is 0 Å². The number of benzene rings is 2. The van der Waals surface area contributed by atoms with E-state index in [0.717, 1.165) is 11.1 Å². The standard InChI is InChI=1S/C20H20Cl2N4O3S/c1-14-2-4-15(5-3-14)20-23-19(29-24-20)13-25-8-10-26(11-9-25)30(27,28)16-6-7-17(21)18(22)12-16/h2-7,12H,8-11,13H2,1H3. The quantitative estimate of drug-likeness (QED) is 0.567. The molecule has 1 fully saturated rings. The van der Waals surface area contributed by atoms with Gasteiger partial charge in [-0.1, -0.05) is 58.2 Å². The molecule has 10 heteroatoms. The van der Waals surface area contributed by atoms with Crippen molar-refractivity contribution in [1.29, 1.82) is 0 Å². The third-order valence-corrected chi connectivity index (χ3v) is 7.63. The second kappa shape index (κ2) is 8.64. The Balaban J connectivity index is 1.38. The summed E-state index contributed by atoms with van der Waals surface area (Å²) in [5.41, 5.74) is 2.06. The second-order valence-electron chi connectivity index (χ2n) is 7.13. The zero-order chi connectivity index (χ0) is 21.3. The van der Waals surface area contributed by atoms with Gasteiger partial charge in [-0.15, -0.1) is 0 Å². The minimum absolute atomic E-state index is 0.144. The Morgan fingerprint density at radius 1 is 1.00 bits per heavy atom. The highest BCUT2D eigenvalue weighted by Gasteiger charge is 2.29. The highest BCUT2D eigenvalue weighted by atomic mass is 35.5. The first-order valence-corrected chi connectivity index (χ1v) is 11.6. The number of sulfonamides is 1. The molecule has 0 atom stereocenters. The summed E-state index contributed by atoms with van der Waals surface area (Å²) in [7, 11) is -3.62. The van der Waals surface area contributed by atoms with Crippen molar-refractivity contribution >= 4 is 33.2 Å². The predicted molar refractivity (Wildman–Crippen MR) is 115 cm³/mol. The third kappa shape index (κ3) is 4.53. The summed E-state index contributed by atoms with van der Waals surface area (Å²) in [5.74, 6) is 1.05. The van der Waals surface area contributed by atoms with E-state index < -0.39 is 10.0 Å². The summed E-state index contributed by atoms with van der Waals surface area (Å²) in [6.45, 7) is 4.33. The topological polar surface area (TPSA) is 79.5 Å². The summed E-state index contributed by atoms with van der Waals surface area (Å²) < 4.78 is 32.6. The molecule has 0 spiro atoms. The molecule has 1 aliphatic heterocycles. The van der Waals surface area contributed by atoms with E-state index in [0.29, 0.717) is 49.5 Å². The number of hydrogen-bond acceptors (Lipinski definition) is 6. The molecular formula is C20H20Cl2N4O3S. The van der Waals surface area contributed by atoms with Crippen LogP contribution in [-0.4, -0.2) is 53.9 Å². The van der Waals surface area contributed by atoms with Gasteiger partial charge >= 0.3 is 0 Å². The summed E-state index contributed by atoms with van der Waals surface area (Å²) >= 11 is 11.9. The Kier molecular flexibility index (Phi) is 6.13. The van der Waals surface area contributed by atoms with Gasteiger partial charge in [0.1, 0.15) is 0 Å². The van der Waals surface area contributed by atoms with Gasteiger partial charge in [-0.25, -0.2) is 8.42 Å². The van der Waals surface area contributed by atoms with Crippen molar-refractivity contribution in [1.82, 2.24) is 19.3 Å². The first-order valence-electron chi connectivity index (χ1n) is 9.40. The fourth-order valence-corrected chi connectivity index (χ4v) is 5.06. The summed E-state index contributed by atoms with van der Waals surface area (Å²) in [6.07, 6.45) is 0. The van der Waals surface area contributed by atoms with Crippen molar-refractivity contribution in [3.05, 3.63) is 64.0 Å². The lowest BCUT2D eigenvalue weighted by molar-refractivity contribution is 0.163. The molecule has 2 heterocycles. The van der Waals surface area contributed by atoms with Crippen molar-refractivity contribution in [2.75, 3.05) is 26.2 Å². The van der Waals surface area contributed by atoms with Gasteiger partial charge in [-0.3, -0.25) is 4.90 Å². The van der Waals surface area contributed by atoms with E-state index >= 15 is 0 Å². The van der Waals surface area contributed by atoms with Crippen LogP contribution < -0.4 is 0 Å². The molecule has 0 amide bonds. The van der Waals surface area contributed by atoms with Crippen LogP contribution in [-0.2, 0) is 16.6 Å². The van der Waals surface area contributed by atoms with Gasteiger partial charge in [0.2, 0.25) is 21.7 Å². The number of hydrogen-bond donors (Lipinski definition) is 0. The molecule has 7 nitrogen and oxygen atoms in total. The fraction of sp³-hybridized carbons (Fsp3) is 0.300. The van der Waals surface area contributed by atoms with Crippen LogP contribution in [0.3, 0.4) is 0 Å². The maximum absolute atomic E-state index is 12.9. The van der Waals surface area contributed by atoms with Crippen molar-refractivity contribution < 1.29 is 12.9 Å². The SMILES string of the molecule is Cc1ccc(-c2noc(CN3CCN(S(=O)(=O)c4ccc(Cl)c(Cl)c4)CC3)n2)cc1. The van der Waals surface area contributed by atoms with Crippen molar-refractivity contribution in [3.8, 4) is 11.4 Å². The third-order valence-electron chi connectivity index (χ3n) is 5.00. The number of halogens is 2. The second-order valence-corrected chi connectivity index (χ2v) is 9.89. The van der Waals surface area contributed by atoms with E-state index in [1.165, 1.54) is 22.5 Å². The number of piperazine rings is 1. The van der Waals surface area contributed by atoms with E-state index in [1.807, 2.05) is 31.2 Å². The molecule has 158 valence electrons. The normalized spacial score (nSPS) is 16.1. The molecule has 1 saturated heterocycles. The van der Waals surface area contributed by atoms with Crippen LogP contribution in [0.2, 0.25) is 10.0 Å². The Labute approximate surface area is 185 Å². The van der Waals surface area contributed by atoms with Crippen LogP contribution in [0.25, 0.3) is 11.4 Å². The lowest BCUT2D eigenvalue weighted by atomic mass is 10.1. The molecule has 4 rings (SSSR count). The highest BCUT2D eigenvalue weighted by molar-refractivity contribution is 7.89. The molecule has 2 aromatic carbocycles. The van der Waals surface area contributed by atoms with Gasteiger partial charge in [0, 0.05) is 31.7 Å². The smallest absolute Gasteiger partial charge is 0.243 e. The Morgan fingerprint density at radius 2 is 1.70 bits per heavy atom. The first-order chi connectivity index (χ1) is 14.3. The van der Waals surface area contributed by atoms with Crippen LogP contribution in [0.5, 0.6) is 0 Å². The molecule has 1 aliphatic rings. The maximum Gasteiger partial charge on any atom is 0.243 e. The average molecular weight is 467 g/mol. The van der Waals surface area contributed by atoms with Crippen molar-refractivity contribution in [3.63, 3.8) is 0 Å². The molecular weight excluding hydrogens is 447 g/mol. The van der Waals surface area contributed by atoms with E-state index in [1.54, 1.807) is 0 Å². The first kappa shape index (κ1) is 21.3. The number of rotatable bonds is 5. The summed E-state index contributed by atoms with van der Waals surface area (Å²) in [5, 5.41) is 4.59. The van der Waals surface area contributed by atoms with E-state index in [-0.39, 0.29) is 9.92 Å². The number of aryl methyl sites for hydroxylation is 1. The molecule has 0 saturated carbocycles. The van der Waals surface area contributed by atoms with E-state index in [2.05, 4.69) is 15.0 Å². The minimum Gasteiger partial charge on any atom is -0.338 e. The van der Waals surface area contributed by atoms with Gasteiger partial charge in [0.15, 0.2) is 0 Å². The van der Waals surface area contributed by atoms with Gasteiger partial charge in [0.05, 0.1) is 21.5 Å². The van der Waals surface area contributed by atoms with E-state index in [9.17, 15) is 8.42 Å². The molecule has 30 heavy (non-hydrogen) atoms. The molecule has 0 radical (unpaired) electrons. The highest BCUT2D eigenvalue weighted by Crippen LogP contribution is 2.27. The van der Waals surface area contributed by atoms with E-state index in [4.69, 9.17) is 27.7 Å². The molecule has 0 bridgehead atoms. The number of nitrogens with zero attached hydrogens (tertiary/aromatic N) is 4.